The molecule has 0 aliphatic rings. The van der Waals surface area contributed by atoms with E-state index in [9.17, 15) is 14.0 Å². The predicted molar refractivity (Wildman–Crippen MR) is 98.1 cm³/mol. The van der Waals surface area contributed by atoms with Gasteiger partial charge in [0.2, 0.25) is 5.91 Å². The van der Waals surface area contributed by atoms with Crippen molar-refractivity contribution < 1.29 is 14.0 Å². The highest BCUT2D eigenvalue weighted by Gasteiger charge is 2.12. The van der Waals surface area contributed by atoms with Gasteiger partial charge in [-0.15, -0.1) is 11.8 Å². The van der Waals surface area contributed by atoms with E-state index in [2.05, 4.69) is 30.8 Å². The summed E-state index contributed by atoms with van der Waals surface area (Å²) in [6.07, 6.45) is 0. The molecular formula is C19H21FN2O2S. The van der Waals surface area contributed by atoms with Crippen LogP contribution < -0.4 is 10.9 Å². The Bertz CT molecular complexity index is 778. The fraction of sp³-hybridized carbons (Fsp3) is 0.263. The lowest BCUT2D eigenvalue weighted by molar-refractivity contribution is -0.119. The molecule has 0 saturated heterocycles. The van der Waals surface area contributed by atoms with E-state index in [-0.39, 0.29) is 17.2 Å². The Morgan fingerprint density at radius 2 is 1.52 bits per heavy atom. The van der Waals surface area contributed by atoms with Crippen LogP contribution in [0.2, 0.25) is 0 Å². The Balaban J connectivity index is 1.91. The summed E-state index contributed by atoms with van der Waals surface area (Å²) in [7, 11) is 0. The van der Waals surface area contributed by atoms with Crippen molar-refractivity contribution in [1.29, 1.82) is 0 Å². The topological polar surface area (TPSA) is 58.2 Å². The SMILES string of the molecule is Cc1cc(C)c(C)c(SCC(=O)NNC(=O)c2ccc(F)cc2)c1C. The first kappa shape index (κ1) is 19.0. The molecule has 2 aromatic carbocycles. The van der Waals surface area contributed by atoms with E-state index in [1.54, 1.807) is 0 Å². The lowest BCUT2D eigenvalue weighted by Gasteiger charge is -2.14. The highest BCUT2D eigenvalue weighted by Crippen LogP contribution is 2.30. The van der Waals surface area contributed by atoms with Gasteiger partial charge in [-0.25, -0.2) is 4.39 Å². The van der Waals surface area contributed by atoms with Crippen molar-refractivity contribution >= 4 is 23.6 Å². The van der Waals surface area contributed by atoms with Crippen LogP contribution in [-0.2, 0) is 4.79 Å². The number of carbonyl (C=O) groups is 2. The first-order chi connectivity index (χ1) is 11.8. The minimum atomic E-state index is -0.489. The van der Waals surface area contributed by atoms with E-state index in [0.717, 1.165) is 16.0 Å². The van der Waals surface area contributed by atoms with Gasteiger partial charge in [-0.1, -0.05) is 6.07 Å². The largest absolute Gasteiger partial charge is 0.272 e. The quantitative estimate of drug-likeness (QED) is 0.647. The zero-order chi connectivity index (χ0) is 18.6. The molecule has 2 aromatic rings. The van der Waals surface area contributed by atoms with Gasteiger partial charge in [0.05, 0.1) is 5.75 Å². The van der Waals surface area contributed by atoms with E-state index < -0.39 is 11.7 Å². The number of hydrazine groups is 1. The van der Waals surface area contributed by atoms with E-state index in [0.29, 0.717) is 0 Å². The lowest BCUT2D eigenvalue weighted by Crippen LogP contribution is -2.42. The van der Waals surface area contributed by atoms with Gasteiger partial charge in [-0.2, -0.15) is 0 Å². The molecule has 0 aliphatic carbocycles. The van der Waals surface area contributed by atoms with Gasteiger partial charge in [0.1, 0.15) is 5.82 Å². The van der Waals surface area contributed by atoms with Gasteiger partial charge in [-0.3, -0.25) is 20.4 Å². The van der Waals surface area contributed by atoms with Crippen molar-refractivity contribution in [3.63, 3.8) is 0 Å². The minimum absolute atomic E-state index is 0.189. The molecule has 0 fully saturated rings. The van der Waals surface area contributed by atoms with Crippen molar-refractivity contribution in [2.75, 3.05) is 5.75 Å². The molecule has 0 atom stereocenters. The number of thioether (sulfide) groups is 1. The van der Waals surface area contributed by atoms with Gasteiger partial charge in [0.15, 0.2) is 0 Å². The fourth-order valence-electron chi connectivity index (χ4n) is 2.37. The summed E-state index contributed by atoms with van der Waals surface area (Å²) in [6.45, 7) is 8.18. The van der Waals surface area contributed by atoms with Crippen LogP contribution in [0.1, 0.15) is 32.6 Å². The molecule has 0 radical (unpaired) electrons. The third kappa shape index (κ3) is 4.82. The predicted octanol–water partition coefficient (Wildman–Crippen LogP) is 3.61. The van der Waals surface area contributed by atoms with E-state index >= 15 is 0 Å². The molecule has 0 spiro atoms. The molecule has 2 N–H and O–H groups in total. The molecule has 0 saturated carbocycles. The highest BCUT2D eigenvalue weighted by atomic mass is 32.2. The van der Waals surface area contributed by atoms with Crippen molar-refractivity contribution in [3.05, 3.63) is 64.0 Å². The Kier molecular flexibility index (Phi) is 6.20. The number of halogens is 1. The number of hydrogen-bond donors (Lipinski definition) is 2. The maximum atomic E-state index is 12.8. The fourth-order valence-corrected chi connectivity index (χ4v) is 3.47. The summed E-state index contributed by atoms with van der Waals surface area (Å²) < 4.78 is 12.8. The van der Waals surface area contributed by atoms with Crippen LogP contribution in [0, 0.1) is 33.5 Å². The molecule has 0 heterocycles. The third-order valence-electron chi connectivity index (χ3n) is 4.07. The number of benzene rings is 2. The molecule has 132 valence electrons. The standard InChI is InChI=1S/C19H21FN2O2S/c1-11-9-12(2)14(4)18(13(11)3)25-10-17(23)21-22-19(24)15-5-7-16(20)8-6-15/h5-9H,10H2,1-4H3,(H,21,23)(H,22,24). The van der Waals surface area contributed by atoms with Gasteiger partial charge in [0, 0.05) is 10.5 Å². The number of amides is 2. The van der Waals surface area contributed by atoms with Crippen molar-refractivity contribution in [2.24, 2.45) is 0 Å². The van der Waals surface area contributed by atoms with Gasteiger partial charge in [0.25, 0.3) is 5.91 Å². The van der Waals surface area contributed by atoms with E-state index in [1.807, 2.05) is 13.8 Å². The first-order valence-corrected chi connectivity index (χ1v) is 8.83. The van der Waals surface area contributed by atoms with Crippen LogP contribution in [0.4, 0.5) is 4.39 Å². The summed E-state index contributed by atoms with van der Waals surface area (Å²) in [4.78, 5) is 25.0. The zero-order valence-corrected chi connectivity index (χ0v) is 15.5. The number of rotatable bonds is 4. The van der Waals surface area contributed by atoms with Crippen LogP contribution in [0.15, 0.2) is 35.2 Å². The number of aryl methyl sites for hydroxylation is 2. The number of carbonyl (C=O) groups excluding carboxylic acids is 2. The van der Waals surface area contributed by atoms with Gasteiger partial charge >= 0.3 is 0 Å². The van der Waals surface area contributed by atoms with Crippen LogP contribution >= 0.6 is 11.8 Å². The van der Waals surface area contributed by atoms with Crippen LogP contribution in [-0.4, -0.2) is 17.6 Å². The minimum Gasteiger partial charge on any atom is -0.272 e. The Labute approximate surface area is 151 Å². The van der Waals surface area contributed by atoms with Gasteiger partial charge in [-0.05, 0) is 74.2 Å². The van der Waals surface area contributed by atoms with Crippen molar-refractivity contribution in [1.82, 2.24) is 10.9 Å². The maximum absolute atomic E-state index is 12.8. The molecule has 2 rings (SSSR count). The number of hydrogen-bond acceptors (Lipinski definition) is 3. The lowest BCUT2D eigenvalue weighted by atomic mass is 10.0. The molecule has 4 nitrogen and oxygen atoms in total. The summed E-state index contributed by atoms with van der Waals surface area (Å²) >= 11 is 1.45. The Morgan fingerprint density at radius 3 is 2.08 bits per heavy atom. The monoisotopic (exact) mass is 360 g/mol. The molecule has 6 heteroatoms. The average Bonchev–Trinajstić information content (AvgIpc) is 2.58. The molecule has 0 aliphatic heterocycles. The van der Waals surface area contributed by atoms with Crippen molar-refractivity contribution in [3.8, 4) is 0 Å². The van der Waals surface area contributed by atoms with Crippen molar-refractivity contribution in [2.45, 2.75) is 32.6 Å². The second-order valence-corrected chi connectivity index (χ2v) is 6.87. The third-order valence-corrected chi connectivity index (χ3v) is 5.37. The van der Waals surface area contributed by atoms with Crippen LogP contribution in [0.25, 0.3) is 0 Å². The molecule has 25 heavy (non-hydrogen) atoms. The normalized spacial score (nSPS) is 10.4. The van der Waals surface area contributed by atoms with Crippen LogP contribution in [0.3, 0.4) is 0 Å². The molecule has 0 bridgehead atoms. The molecule has 0 aromatic heterocycles. The summed E-state index contributed by atoms with van der Waals surface area (Å²) in [5.41, 5.74) is 9.69. The molecule has 2 amide bonds. The Morgan fingerprint density at radius 1 is 0.960 bits per heavy atom. The zero-order valence-electron chi connectivity index (χ0n) is 14.7. The molecule has 0 unspecified atom stereocenters. The average molecular weight is 360 g/mol. The van der Waals surface area contributed by atoms with Gasteiger partial charge < -0.3 is 0 Å². The van der Waals surface area contributed by atoms with E-state index in [1.165, 1.54) is 47.2 Å². The second kappa shape index (κ2) is 8.16. The smallest absolute Gasteiger partial charge is 0.269 e. The van der Waals surface area contributed by atoms with E-state index in [4.69, 9.17) is 0 Å². The maximum Gasteiger partial charge on any atom is 0.269 e. The summed E-state index contributed by atoms with van der Waals surface area (Å²) in [5.74, 6) is -1.03. The Hall–Kier alpha value is -2.34. The van der Waals surface area contributed by atoms with Crippen LogP contribution in [0.5, 0.6) is 0 Å². The summed E-state index contributed by atoms with van der Waals surface area (Å²) in [6, 6.07) is 7.23. The second-order valence-electron chi connectivity index (χ2n) is 5.89. The summed E-state index contributed by atoms with van der Waals surface area (Å²) in [5, 5.41) is 0. The molecular weight excluding hydrogens is 339 g/mol. The number of nitrogens with one attached hydrogen (secondary N) is 2. The highest BCUT2D eigenvalue weighted by molar-refractivity contribution is 8.00. The first-order valence-electron chi connectivity index (χ1n) is 7.84.